The van der Waals surface area contributed by atoms with Crippen LogP contribution in [0.15, 0.2) is 48.5 Å². The van der Waals surface area contributed by atoms with Gasteiger partial charge in [-0.3, -0.25) is 4.98 Å². The summed E-state index contributed by atoms with van der Waals surface area (Å²) in [5.74, 6) is 0. The third-order valence-corrected chi connectivity index (χ3v) is 5.30. The number of nitrogens with zero attached hydrogens (tertiary/aromatic N) is 3. The molecule has 2 aromatic carbocycles. The van der Waals surface area contributed by atoms with Gasteiger partial charge in [0.25, 0.3) is 5.65 Å². The highest BCUT2D eigenvalue weighted by molar-refractivity contribution is 6.12. The predicted octanol–water partition coefficient (Wildman–Crippen LogP) is 4.54. The molecule has 5 aromatic rings. The molecule has 0 fully saturated rings. The van der Waals surface area contributed by atoms with E-state index in [2.05, 4.69) is 85.3 Å². The average molecular weight is 326 g/mol. The number of fused-ring (bicyclic) bond motifs is 8. The fourth-order valence-corrected chi connectivity index (χ4v) is 4.27. The molecule has 0 aliphatic heterocycles. The number of aryl methyl sites for hydroxylation is 4. The average Bonchev–Trinajstić information content (AvgIpc) is 2.89. The van der Waals surface area contributed by atoms with E-state index in [1.807, 2.05) is 0 Å². The van der Waals surface area contributed by atoms with Gasteiger partial charge in [-0.05, 0) is 50.6 Å². The van der Waals surface area contributed by atoms with Gasteiger partial charge in [-0.1, -0.05) is 24.3 Å². The quantitative estimate of drug-likeness (QED) is 0.302. The Morgan fingerprint density at radius 1 is 0.920 bits per heavy atom. The molecule has 0 atom stereocenters. The lowest BCUT2D eigenvalue weighted by Crippen LogP contribution is -2.27. The van der Waals surface area contributed by atoms with Crippen LogP contribution in [0.1, 0.15) is 16.8 Å². The zero-order chi connectivity index (χ0) is 17.3. The van der Waals surface area contributed by atoms with E-state index in [1.165, 1.54) is 44.1 Å². The van der Waals surface area contributed by atoms with E-state index in [-0.39, 0.29) is 0 Å². The van der Waals surface area contributed by atoms with Gasteiger partial charge in [-0.25, -0.2) is 4.57 Å². The van der Waals surface area contributed by atoms with Crippen LogP contribution in [0, 0.1) is 20.8 Å². The van der Waals surface area contributed by atoms with Crippen molar-refractivity contribution in [2.45, 2.75) is 20.8 Å². The smallest absolute Gasteiger partial charge is 0.252 e. The molecule has 0 saturated carbocycles. The van der Waals surface area contributed by atoms with Gasteiger partial charge in [0.15, 0.2) is 11.0 Å². The van der Waals surface area contributed by atoms with Crippen molar-refractivity contribution in [1.29, 1.82) is 0 Å². The van der Waals surface area contributed by atoms with Gasteiger partial charge >= 0.3 is 0 Å². The van der Waals surface area contributed by atoms with E-state index in [4.69, 9.17) is 4.98 Å². The number of para-hydroxylation sites is 2. The van der Waals surface area contributed by atoms with Crippen LogP contribution in [0.25, 0.3) is 38.5 Å². The van der Waals surface area contributed by atoms with Crippen molar-refractivity contribution in [3.63, 3.8) is 0 Å². The Hall–Kier alpha value is -2.94. The third kappa shape index (κ3) is 1.75. The highest BCUT2D eigenvalue weighted by atomic mass is 15.1. The van der Waals surface area contributed by atoms with Gasteiger partial charge in [-0.15, -0.1) is 0 Å². The molecular weight excluding hydrogens is 306 g/mol. The van der Waals surface area contributed by atoms with Crippen molar-refractivity contribution in [3.05, 3.63) is 65.4 Å². The van der Waals surface area contributed by atoms with E-state index in [9.17, 15) is 0 Å². The molecular formula is C22H20N3+. The van der Waals surface area contributed by atoms with Gasteiger partial charge in [0.1, 0.15) is 5.52 Å². The minimum atomic E-state index is 1.06. The first-order chi connectivity index (χ1) is 12.1. The van der Waals surface area contributed by atoms with E-state index in [0.29, 0.717) is 0 Å². The van der Waals surface area contributed by atoms with Gasteiger partial charge in [0.05, 0.1) is 18.0 Å². The fourth-order valence-electron chi connectivity index (χ4n) is 4.27. The lowest BCUT2D eigenvalue weighted by molar-refractivity contribution is -0.617. The Labute approximate surface area is 146 Å². The molecule has 3 heteroatoms. The molecule has 3 nitrogen and oxygen atoms in total. The maximum absolute atomic E-state index is 4.92. The summed E-state index contributed by atoms with van der Waals surface area (Å²) in [6.45, 7) is 6.45. The first-order valence-electron chi connectivity index (χ1n) is 8.66. The summed E-state index contributed by atoms with van der Waals surface area (Å²) in [6.07, 6.45) is 0. The predicted molar refractivity (Wildman–Crippen MR) is 103 cm³/mol. The van der Waals surface area contributed by atoms with E-state index >= 15 is 0 Å². The fraction of sp³-hybridized carbons (Fsp3) is 0.182. The standard InChI is InChI=1S/C22H20N3/c1-13-8-7-11-18-21(13)25-17-10-6-5-9-16(17)20-19(22(25)24(18)4)14(2)12-15(3)23-20/h5-12H,1-4H3/q+1. The Kier molecular flexibility index (Phi) is 2.76. The van der Waals surface area contributed by atoms with Crippen LogP contribution in [-0.2, 0) is 7.05 Å². The zero-order valence-corrected chi connectivity index (χ0v) is 15.0. The molecule has 0 aliphatic carbocycles. The van der Waals surface area contributed by atoms with Gasteiger partial charge < -0.3 is 0 Å². The Morgan fingerprint density at radius 3 is 2.56 bits per heavy atom. The number of hydrogen-bond donors (Lipinski definition) is 0. The van der Waals surface area contributed by atoms with E-state index < -0.39 is 0 Å². The van der Waals surface area contributed by atoms with Crippen LogP contribution < -0.4 is 4.57 Å². The molecule has 0 spiro atoms. The van der Waals surface area contributed by atoms with Crippen LogP contribution in [0.5, 0.6) is 0 Å². The lowest BCUT2D eigenvalue weighted by atomic mass is 10.1. The molecule has 25 heavy (non-hydrogen) atoms. The number of aromatic nitrogens is 3. The maximum atomic E-state index is 4.92. The number of rotatable bonds is 0. The number of hydrogen-bond acceptors (Lipinski definition) is 1. The van der Waals surface area contributed by atoms with Crippen molar-refractivity contribution in [1.82, 2.24) is 9.38 Å². The minimum Gasteiger partial charge on any atom is -0.252 e. The van der Waals surface area contributed by atoms with Crippen LogP contribution >= 0.6 is 0 Å². The molecule has 0 amide bonds. The molecule has 0 radical (unpaired) electrons. The number of benzene rings is 2. The summed E-state index contributed by atoms with van der Waals surface area (Å²) in [4.78, 5) is 4.92. The van der Waals surface area contributed by atoms with Gasteiger partial charge in [0, 0.05) is 16.6 Å². The van der Waals surface area contributed by atoms with Crippen LogP contribution in [0.4, 0.5) is 0 Å². The summed E-state index contributed by atoms with van der Waals surface area (Å²) in [6, 6.07) is 17.3. The van der Waals surface area contributed by atoms with E-state index in [0.717, 1.165) is 11.2 Å². The van der Waals surface area contributed by atoms with Crippen molar-refractivity contribution in [3.8, 4) is 0 Å². The third-order valence-electron chi connectivity index (χ3n) is 5.30. The van der Waals surface area contributed by atoms with Crippen molar-refractivity contribution >= 4 is 38.5 Å². The second kappa shape index (κ2) is 4.79. The molecule has 0 N–H and O–H groups in total. The molecule has 3 aromatic heterocycles. The van der Waals surface area contributed by atoms with Gasteiger partial charge in [-0.2, -0.15) is 4.40 Å². The molecule has 5 rings (SSSR count). The Balaban J connectivity index is 2.29. The highest BCUT2D eigenvalue weighted by Gasteiger charge is 2.25. The number of pyridine rings is 2. The van der Waals surface area contributed by atoms with E-state index in [1.54, 1.807) is 0 Å². The maximum Gasteiger partial charge on any atom is 0.297 e. The van der Waals surface area contributed by atoms with Crippen molar-refractivity contribution in [2.75, 3.05) is 0 Å². The summed E-state index contributed by atoms with van der Waals surface area (Å²) < 4.78 is 4.72. The lowest BCUT2D eigenvalue weighted by Gasteiger charge is -2.07. The Morgan fingerprint density at radius 2 is 1.72 bits per heavy atom. The second-order valence-electron chi connectivity index (χ2n) is 6.98. The summed E-state index contributed by atoms with van der Waals surface area (Å²) >= 11 is 0. The minimum absolute atomic E-state index is 1.06. The Bertz CT molecular complexity index is 1330. The van der Waals surface area contributed by atoms with Gasteiger partial charge in [0.2, 0.25) is 0 Å². The molecule has 122 valence electrons. The van der Waals surface area contributed by atoms with Crippen molar-refractivity contribution < 1.29 is 4.57 Å². The zero-order valence-electron chi connectivity index (χ0n) is 15.0. The summed E-state index contributed by atoms with van der Waals surface area (Å²) in [5.41, 5.74) is 9.66. The monoisotopic (exact) mass is 326 g/mol. The largest absolute Gasteiger partial charge is 0.297 e. The summed E-state index contributed by atoms with van der Waals surface area (Å²) in [7, 11) is 2.16. The highest BCUT2D eigenvalue weighted by Crippen LogP contribution is 2.33. The molecule has 0 saturated heterocycles. The first kappa shape index (κ1) is 14.4. The molecule has 0 unspecified atom stereocenters. The molecule has 0 bridgehead atoms. The van der Waals surface area contributed by atoms with Crippen LogP contribution in [0.3, 0.4) is 0 Å². The second-order valence-corrected chi connectivity index (χ2v) is 6.98. The van der Waals surface area contributed by atoms with Crippen molar-refractivity contribution in [2.24, 2.45) is 7.05 Å². The SMILES string of the molecule is Cc1cc(C)c2c(n1)c1ccccc1n1c3c(C)cccc3[n+](C)c21. The number of imidazole rings is 1. The normalized spacial score (nSPS) is 12.0. The molecule has 0 aliphatic rings. The van der Waals surface area contributed by atoms with Crippen LogP contribution in [-0.4, -0.2) is 9.38 Å². The summed E-state index contributed by atoms with van der Waals surface area (Å²) in [5, 5.41) is 2.44. The first-order valence-corrected chi connectivity index (χ1v) is 8.66. The molecule has 3 heterocycles. The topological polar surface area (TPSA) is 21.2 Å². The van der Waals surface area contributed by atoms with Crippen LogP contribution in [0.2, 0.25) is 0 Å².